The first kappa shape index (κ1) is 73.1. The van der Waals surface area contributed by atoms with Crippen LogP contribution in [0.25, 0.3) is 108 Å². The Morgan fingerprint density at radius 3 is 0.623 bits per heavy atom. The van der Waals surface area contributed by atoms with Crippen LogP contribution in [0, 0.1) is 21.7 Å². The van der Waals surface area contributed by atoms with Crippen LogP contribution in [0.1, 0.15) is 329 Å². The summed E-state index contributed by atoms with van der Waals surface area (Å²) in [7, 11) is 0. The van der Waals surface area contributed by atoms with Gasteiger partial charge in [-0.25, -0.2) is 9.80 Å². The van der Waals surface area contributed by atoms with E-state index in [9.17, 15) is 0 Å². The van der Waals surface area contributed by atoms with Gasteiger partial charge in [0.1, 0.15) is 0 Å². The fourth-order valence-corrected chi connectivity index (χ4v) is 22.2. The van der Waals surface area contributed by atoms with Crippen molar-refractivity contribution in [2.24, 2.45) is 21.7 Å². The average Bonchev–Trinajstić information content (AvgIpc) is 0.669. The van der Waals surface area contributed by atoms with Crippen LogP contribution in [-0.2, 0) is 21.7 Å². The van der Waals surface area contributed by atoms with Gasteiger partial charge in [-0.2, -0.15) is 0 Å². The summed E-state index contributed by atoms with van der Waals surface area (Å²) in [5, 5.41) is 22.1. The van der Waals surface area contributed by atoms with Crippen molar-refractivity contribution in [2.45, 2.75) is 265 Å². The van der Waals surface area contributed by atoms with Crippen molar-refractivity contribution in [2.75, 3.05) is 9.80 Å². The van der Waals surface area contributed by atoms with Gasteiger partial charge in [-0.3, -0.25) is 19.2 Å². The molecule has 0 spiro atoms. The zero-order chi connectivity index (χ0) is 77.0. The molecule has 13 aromatic rings. The third-order valence-electron chi connectivity index (χ3n) is 24.5. The lowest BCUT2D eigenvalue weighted by Gasteiger charge is -2.39. The van der Waals surface area contributed by atoms with Crippen molar-refractivity contribution in [1.82, 2.24) is 0 Å². The molecule has 0 radical (unpaired) electrons. The molecule has 6 heteroatoms. The Labute approximate surface area is 630 Å². The molecule has 2 heterocycles. The number of anilines is 2. The molecule has 2 aliphatic heterocycles. The smallest absolute Gasteiger partial charge is 0.266 e. The highest BCUT2D eigenvalue weighted by Gasteiger charge is 2.47. The summed E-state index contributed by atoms with van der Waals surface area (Å²) in [4.78, 5) is 68.8. The molecule has 6 nitrogen and oxygen atoms in total. The molecule has 0 aromatic heterocycles. The average molecular weight is 1410 g/mol. The van der Waals surface area contributed by atoms with Crippen LogP contribution in [0.3, 0.4) is 0 Å². The topological polar surface area (TPSA) is 74.8 Å². The van der Waals surface area contributed by atoms with Crippen LogP contribution in [0.4, 0.5) is 11.4 Å². The number of fused-ring (bicyclic) bond motifs is 6. The van der Waals surface area contributed by atoms with E-state index in [-0.39, 0.29) is 69.0 Å². The van der Waals surface area contributed by atoms with Gasteiger partial charge in [-0.05, 0) is 258 Å². The molecule has 13 aromatic carbocycles. The van der Waals surface area contributed by atoms with Crippen LogP contribution in [-0.4, -0.2) is 23.6 Å². The lowest BCUT2D eigenvalue weighted by atomic mass is 9.66. The minimum atomic E-state index is -0.454. The minimum absolute atomic E-state index is 0.0535. The number of carbonyl (C=O) groups excluding carboxylic acids is 4. The van der Waals surface area contributed by atoms with E-state index < -0.39 is 21.7 Å². The molecular formula is C100H114N2O4. The monoisotopic (exact) mass is 1410 g/mol. The molecule has 0 atom stereocenters. The lowest BCUT2D eigenvalue weighted by molar-refractivity contribution is 0.0877. The molecule has 15 rings (SSSR count). The van der Waals surface area contributed by atoms with E-state index in [1.54, 1.807) is 9.80 Å². The van der Waals surface area contributed by atoms with Gasteiger partial charge in [0.05, 0.1) is 11.4 Å². The summed E-state index contributed by atoms with van der Waals surface area (Å²) in [6.07, 6.45) is 3.37. The Morgan fingerprint density at radius 2 is 0.434 bits per heavy atom. The number of para-hydroxylation sites is 2. The number of rotatable bonds is 14. The Bertz CT molecular complexity index is 5260. The highest BCUT2D eigenvalue weighted by atomic mass is 16.2. The third kappa shape index (κ3) is 10.9. The van der Waals surface area contributed by atoms with E-state index in [0.717, 1.165) is 146 Å². The van der Waals surface area contributed by atoms with Crippen molar-refractivity contribution in [1.29, 1.82) is 0 Å². The summed E-state index contributed by atoms with van der Waals surface area (Å²) in [5.74, 6) is -0.834. The molecular weight excluding hydrogens is 1290 g/mol. The molecule has 0 fully saturated rings. The summed E-state index contributed by atoms with van der Waals surface area (Å²) < 4.78 is 0. The molecule has 106 heavy (non-hydrogen) atoms. The quantitative estimate of drug-likeness (QED) is 0.0618. The van der Waals surface area contributed by atoms with Gasteiger partial charge in [0.25, 0.3) is 23.6 Å². The number of amides is 4. The second-order valence-electron chi connectivity index (χ2n) is 41.6. The van der Waals surface area contributed by atoms with Crippen molar-refractivity contribution in [3.63, 3.8) is 0 Å². The molecule has 0 N–H and O–H groups in total. The maximum atomic E-state index is 16.4. The third-order valence-corrected chi connectivity index (χ3v) is 24.5. The summed E-state index contributed by atoms with van der Waals surface area (Å²) in [6, 6.07) is 40.8. The molecule has 4 amide bonds. The van der Waals surface area contributed by atoms with E-state index in [4.69, 9.17) is 0 Å². The SMILES string of the molecule is CC(C)c1cccc(C(C)C)c1N1C(=O)c2cc(C(C)(C)CC(C)(C)C)c3c4ccc5c6ccc7c8c(C(C)(C)CC(C)(C)C)cc9c%10c(cc(C(C)(C)CC(C)(C)C)c(c%11ccc(c%12ccc(c%13c(C(C)(C)CC(C)(C)C)cc(c2c3%13)C1=O)c4c5%12)c6c7%11)c%108)C(=O)N(c1c(C(C)C)cccc1C(C)C)C9=O. The maximum absolute atomic E-state index is 16.4. The first-order valence-corrected chi connectivity index (χ1v) is 39.7. The first-order valence-electron chi connectivity index (χ1n) is 39.7. The molecule has 2 aliphatic rings. The molecule has 0 aliphatic carbocycles. The second kappa shape index (κ2) is 23.5. The zero-order valence-electron chi connectivity index (χ0n) is 69.1. The van der Waals surface area contributed by atoms with Crippen LogP contribution >= 0.6 is 0 Å². The van der Waals surface area contributed by atoms with Crippen molar-refractivity contribution in [3.05, 3.63) is 176 Å². The van der Waals surface area contributed by atoms with Gasteiger partial charge >= 0.3 is 0 Å². The van der Waals surface area contributed by atoms with Gasteiger partial charge < -0.3 is 0 Å². The minimum Gasteiger partial charge on any atom is -0.268 e. The standard InChI is InChI=1S/C100H114N2O4/c1-51(2)55-31-29-32-56(52(3)4)87(55)101-89(103)67-43-71(97(21,22)47-93(9,10)11)81-63-39-35-59-61-37-41-65-78-66(42-38-62(76(61)78)60-36-40-64(77(63)75(59)60)82-72(98(23,24)48-94(12,13)14)44-68(90(101)104)79(67)85(81)82)84-74(100(27,28)50-96(18,19)20)46-70-80-69(45-73(83(65)86(80)84)99(25,26)49-95(15,16)17)91(105)102(92(70)106)88-57(53(5)6)33-30-34-58(88)54(7)8/h29-46,51-54H,47-50H2,1-28H3. The highest BCUT2D eigenvalue weighted by Crippen LogP contribution is 2.60. The Kier molecular flexibility index (Phi) is 16.2. The van der Waals surface area contributed by atoms with Gasteiger partial charge in [-0.15, -0.1) is 0 Å². The molecule has 548 valence electrons. The summed E-state index contributed by atoms with van der Waals surface area (Å²) >= 11 is 0. The van der Waals surface area contributed by atoms with E-state index in [2.05, 4.69) is 303 Å². The number of imide groups is 2. The maximum Gasteiger partial charge on any atom is 0.266 e. The number of hydrogen-bond donors (Lipinski definition) is 0. The zero-order valence-corrected chi connectivity index (χ0v) is 69.1. The van der Waals surface area contributed by atoms with Gasteiger partial charge in [0.2, 0.25) is 0 Å². The number of hydrogen-bond acceptors (Lipinski definition) is 4. The van der Waals surface area contributed by atoms with Crippen LogP contribution in [0.5, 0.6) is 0 Å². The van der Waals surface area contributed by atoms with Crippen molar-refractivity contribution < 1.29 is 19.2 Å². The highest BCUT2D eigenvalue weighted by molar-refractivity contribution is 6.50. The number of carbonyl (C=O) groups is 4. The fourth-order valence-electron chi connectivity index (χ4n) is 22.2. The Balaban J connectivity index is 1.12. The summed E-state index contributed by atoms with van der Waals surface area (Å²) in [6.45, 7) is 64.3. The molecule has 0 bridgehead atoms. The van der Waals surface area contributed by atoms with Crippen LogP contribution in [0.15, 0.2) is 109 Å². The lowest BCUT2D eigenvalue weighted by Crippen LogP contribution is -2.42. The van der Waals surface area contributed by atoms with Gasteiger partial charge in [-0.1, -0.05) is 279 Å². The second-order valence-corrected chi connectivity index (χ2v) is 41.6. The Morgan fingerprint density at radius 1 is 0.245 bits per heavy atom. The molecule has 0 unspecified atom stereocenters. The van der Waals surface area contributed by atoms with Crippen LogP contribution in [0.2, 0.25) is 0 Å². The van der Waals surface area contributed by atoms with E-state index in [0.29, 0.717) is 22.3 Å². The fraction of sp³-hybridized carbons (Fsp3) is 0.440. The van der Waals surface area contributed by atoms with E-state index >= 15 is 19.2 Å². The van der Waals surface area contributed by atoms with Crippen molar-refractivity contribution in [3.8, 4) is 0 Å². The predicted molar refractivity (Wildman–Crippen MR) is 455 cm³/mol. The predicted octanol–water partition coefficient (Wildman–Crippen LogP) is 28.5. The Hall–Kier alpha value is -8.48. The van der Waals surface area contributed by atoms with Gasteiger partial charge in [0, 0.05) is 33.0 Å². The summed E-state index contributed by atoms with van der Waals surface area (Å²) in [5.41, 5.74) is 10.1. The van der Waals surface area contributed by atoms with Crippen molar-refractivity contribution >= 4 is 143 Å². The van der Waals surface area contributed by atoms with E-state index in [1.807, 2.05) is 0 Å². The molecule has 0 saturated carbocycles. The van der Waals surface area contributed by atoms with Gasteiger partial charge in [0.15, 0.2) is 0 Å². The largest absolute Gasteiger partial charge is 0.268 e. The van der Waals surface area contributed by atoms with E-state index in [1.165, 1.54) is 43.1 Å². The normalized spacial score (nSPS) is 15.1. The first-order chi connectivity index (χ1) is 49.1. The number of nitrogens with zero attached hydrogens (tertiary/aromatic N) is 2. The van der Waals surface area contributed by atoms with Crippen LogP contribution < -0.4 is 9.80 Å². The molecule has 0 saturated heterocycles. The number of benzene rings is 13.